The van der Waals surface area contributed by atoms with Gasteiger partial charge in [-0.05, 0) is 0 Å². The fourth-order valence-corrected chi connectivity index (χ4v) is 1.42. The fraction of sp³-hybridized carbons (Fsp3) is 0. The second-order valence-corrected chi connectivity index (χ2v) is 2.55. The molecule has 0 saturated carbocycles. The molecule has 0 aliphatic heterocycles. The van der Waals surface area contributed by atoms with E-state index in [1.807, 2.05) is 0 Å². The van der Waals surface area contributed by atoms with Crippen LogP contribution in [0.4, 0.5) is 0 Å². The van der Waals surface area contributed by atoms with Crippen LogP contribution in [0.1, 0.15) is 20.7 Å². The van der Waals surface area contributed by atoms with Crippen LogP contribution < -0.4 is 0 Å². The van der Waals surface area contributed by atoms with Crippen molar-refractivity contribution in [2.45, 2.75) is 0 Å². The molecular formula is C6H5LiO4S. The van der Waals surface area contributed by atoms with Gasteiger partial charge in [0.15, 0.2) is 0 Å². The van der Waals surface area contributed by atoms with E-state index in [4.69, 9.17) is 10.2 Å². The van der Waals surface area contributed by atoms with Gasteiger partial charge >= 0.3 is 30.8 Å². The molecule has 0 unspecified atom stereocenters. The monoisotopic (exact) mass is 180 g/mol. The molecule has 1 heterocycles. The second kappa shape index (κ2) is 4.31. The van der Waals surface area contributed by atoms with Gasteiger partial charge in [-0.2, -0.15) is 11.3 Å². The Morgan fingerprint density at radius 1 is 1.08 bits per heavy atom. The number of hydrogen-bond acceptors (Lipinski definition) is 3. The molecule has 6 heteroatoms. The Balaban J connectivity index is 0.00000121. The molecule has 2 N–H and O–H groups in total. The molecule has 0 bridgehead atoms. The molecule has 60 valence electrons. The van der Waals surface area contributed by atoms with E-state index in [2.05, 4.69) is 0 Å². The molecule has 1 aromatic rings. The van der Waals surface area contributed by atoms with Crippen molar-refractivity contribution in [1.82, 2.24) is 0 Å². The summed E-state index contributed by atoms with van der Waals surface area (Å²) in [6.45, 7) is 0. The Kier molecular flexibility index (Phi) is 4.04. The second-order valence-electron chi connectivity index (χ2n) is 1.81. The molecule has 0 amide bonds. The summed E-state index contributed by atoms with van der Waals surface area (Å²) in [4.78, 5) is 20.7. The van der Waals surface area contributed by atoms with E-state index < -0.39 is 11.9 Å². The van der Waals surface area contributed by atoms with Gasteiger partial charge in [-0.3, -0.25) is 0 Å². The Morgan fingerprint density at radius 3 is 1.67 bits per heavy atom. The molecule has 0 fully saturated rings. The van der Waals surface area contributed by atoms with Crippen LogP contribution in [0, 0.1) is 0 Å². The third-order valence-electron chi connectivity index (χ3n) is 1.12. The van der Waals surface area contributed by atoms with Crippen LogP contribution in [-0.2, 0) is 0 Å². The fourth-order valence-electron chi connectivity index (χ4n) is 0.628. The summed E-state index contributed by atoms with van der Waals surface area (Å²) < 4.78 is 0. The molecule has 0 atom stereocenters. The Labute approximate surface area is 84.0 Å². The predicted molar refractivity (Wildman–Crippen MR) is 45.4 cm³/mol. The van der Waals surface area contributed by atoms with Gasteiger partial charge in [0.1, 0.15) is 0 Å². The first-order valence-electron chi connectivity index (χ1n) is 2.65. The van der Waals surface area contributed by atoms with Gasteiger partial charge in [-0.25, -0.2) is 9.59 Å². The first-order chi connectivity index (χ1) is 5.13. The van der Waals surface area contributed by atoms with Crippen molar-refractivity contribution in [2.24, 2.45) is 0 Å². The molecule has 0 radical (unpaired) electrons. The molecule has 0 saturated heterocycles. The maximum atomic E-state index is 10.3. The van der Waals surface area contributed by atoms with Crippen LogP contribution in [0.25, 0.3) is 0 Å². The summed E-state index contributed by atoms with van der Waals surface area (Å²) in [5.74, 6) is -2.41. The summed E-state index contributed by atoms with van der Waals surface area (Å²) >= 11 is 1.06. The molecule has 1 rings (SSSR count). The summed E-state index contributed by atoms with van der Waals surface area (Å²) in [6, 6.07) is 0. The molecule has 0 aliphatic carbocycles. The van der Waals surface area contributed by atoms with Crippen LogP contribution in [0.15, 0.2) is 10.8 Å². The minimum absolute atomic E-state index is 0. The van der Waals surface area contributed by atoms with Crippen molar-refractivity contribution in [3.8, 4) is 0 Å². The number of carboxylic acids is 2. The third kappa shape index (κ3) is 2.11. The van der Waals surface area contributed by atoms with E-state index in [0.29, 0.717) is 0 Å². The van der Waals surface area contributed by atoms with Crippen molar-refractivity contribution in [3.63, 3.8) is 0 Å². The maximum absolute atomic E-state index is 10.3. The third-order valence-corrected chi connectivity index (χ3v) is 1.87. The molecule has 12 heavy (non-hydrogen) atoms. The van der Waals surface area contributed by atoms with Crippen molar-refractivity contribution in [2.75, 3.05) is 0 Å². The van der Waals surface area contributed by atoms with Crippen LogP contribution in [-0.4, -0.2) is 41.0 Å². The molecule has 0 aliphatic rings. The van der Waals surface area contributed by atoms with Gasteiger partial charge in [-0.15, -0.1) is 0 Å². The van der Waals surface area contributed by atoms with Crippen LogP contribution in [0.2, 0.25) is 0 Å². The summed E-state index contributed by atoms with van der Waals surface area (Å²) in [6.07, 6.45) is 0. The zero-order valence-corrected chi connectivity index (χ0v) is 6.09. The van der Waals surface area contributed by atoms with Gasteiger partial charge in [0.2, 0.25) is 0 Å². The molecule has 4 nitrogen and oxygen atoms in total. The average Bonchev–Trinajstić information content (AvgIpc) is 2.32. The normalized spacial score (nSPS) is 8.67. The number of thiophene rings is 1. The van der Waals surface area contributed by atoms with Gasteiger partial charge < -0.3 is 10.2 Å². The van der Waals surface area contributed by atoms with Crippen molar-refractivity contribution in [1.29, 1.82) is 0 Å². The zero-order valence-electron chi connectivity index (χ0n) is 5.27. The quantitative estimate of drug-likeness (QED) is 0.649. The predicted octanol–water partition coefficient (Wildman–Crippen LogP) is 0.496. The number of rotatable bonds is 2. The standard InChI is InChI=1S/C6H4O4S.Li.H/c7-5(8)3-1-11-2-4(3)6(9)10;;/h1-2H,(H,7,8)(H,9,10);;. The van der Waals surface area contributed by atoms with Gasteiger partial charge in [0.25, 0.3) is 0 Å². The minimum atomic E-state index is -1.20. The SMILES string of the molecule is O=C(O)c1cscc1C(=O)O.[LiH]. The van der Waals surface area contributed by atoms with Gasteiger partial charge in [0, 0.05) is 10.8 Å². The van der Waals surface area contributed by atoms with E-state index >= 15 is 0 Å². The van der Waals surface area contributed by atoms with Crippen molar-refractivity contribution in [3.05, 3.63) is 21.9 Å². The van der Waals surface area contributed by atoms with Crippen LogP contribution in [0.5, 0.6) is 0 Å². The molecule has 0 aromatic carbocycles. The number of hydrogen-bond donors (Lipinski definition) is 2. The van der Waals surface area contributed by atoms with E-state index in [9.17, 15) is 9.59 Å². The van der Waals surface area contributed by atoms with E-state index in [-0.39, 0.29) is 30.0 Å². The number of aromatic carboxylic acids is 2. The van der Waals surface area contributed by atoms with E-state index in [0.717, 1.165) is 11.3 Å². The van der Waals surface area contributed by atoms with Gasteiger partial charge in [-0.1, -0.05) is 0 Å². The Hall–Kier alpha value is -0.763. The molecule has 1 aromatic heterocycles. The average molecular weight is 180 g/mol. The molecular weight excluding hydrogens is 175 g/mol. The first kappa shape index (κ1) is 11.2. The first-order valence-corrected chi connectivity index (χ1v) is 3.60. The number of carboxylic acid groups (broad SMARTS) is 2. The summed E-state index contributed by atoms with van der Waals surface area (Å²) in [7, 11) is 0. The van der Waals surface area contributed by atoms with E-state index in [1.165, 1.54) is 10.8 Å². The topological polar surface area (TPSA) is 74.6 Å². The summed E-state index contributed by atoms with van der Waals surface area (Å²) in [5.41, 5.74) is -0.301. The summed E-state index contributed by atoms with van der Waals surface area (Å²) in [5, 5.41) is 19.5. The Bertz CT molecular complexity index is 278. The number of carbonyl (C=O) groups is 2. The van der Waals surface area contributed by atoms with Crippen LogP contribution in [0.3, 0.4) is 0 Å². The van der Waals surface area contributed by atoms with Crippen molar-refractivity contribution >= 4 is 42.1 Å². The molecule has 0 spiro atoms. The van der Waals surface area contributed by atoms with Crippen LogP contribution >= 0.6 is 11.3 Å². The van der Waals surface area contributed by atoms with E-state index in [1.54, 1.807) is 0 Å². The zero-order chi connectivity index (χ0) is 8.43. The Morgan fingerprint density at radius 2 is 1.42 bits per heavy atom. The van der Waals surface area contributed by atoms with Gasteiger partial charge in [0.05, 0.1) is 11.1 Å². The van der Waals surface area contributed by atoms with Crippen molar-refractivity contribution < 1.29 is 19.8 Å².